The van der Waals surface area contributed by atoms with E-state index < -0.39 is 0 Å². The number of hydrogen-bond acceptors (Lipinski definition) is 1. The largest absolute Gasteiger partial charge is 0.377 e. The van der Waals surface area contributed by atoms with Gasteiger partial charge < -0.3 is 5.32 Å². The fraction of sp³-hybridized carbons (Fsp3) is 0.300. The molecular weight excluding hydrogens is 290 g/mol. The Bertz CT molecular complexity index is 762. The Morgan fingerprint density at radius 2 is 2.00 bits per heavy atom. The van der Waals surface area contributed by atoms with Gasteiger partial charge in [0, 0.05) is 16.6 Å². The fourth-order valence-electron chi connectivity index (χ4n) is 4.10. The van der Waals surface area contributed by atoms with Gasteiger partial charge in [-0.15, -0.1) is 0 Å². The third kappa shape index (κ3) is 2.16. The van der Waals surface area contributed by atoms with E-state index in [-0.39, 0.29) is 0 Å². The molecule has 0 aromatic heterocycles. The minimum atomic E-state index is 0.326. The number of nitrogens with one attached hydrogen (secondary N) is 1. The smallest absolute Gasteiger partial charge is 0.0554 e. The van der Waals surface area contributed by atoms with E-state index >= 15 is 0 Å². The molecule has 0 amide bonds. The molecular formula is C20H20ClN. The van der Waals surface area contributed by atoms with Crippen molar-refractivity contribution in [2.24, 2.45) is 5.92 Å². The highest BCUT2D eigenvalue weighted by Crippen LogP contribution is 2.50. The molecule has 2 aromatic rings. The first-order chi connectivity index (χ1) is 10.6. The average Bonchev–Trinajstić information content (AvgIpc) is 2.96. The molecule has 0 unspecified atom stereocenters. The van der Waals surface area contributed by atoms with Crippen molar-refractivity contribution in [3.8, 4) is 0 Å². The summed E-state index contributed by atoms with van der Waals surface area (Å²) in [7, 11) is 0. The lowest BCUT2D eigenvalue weighted by atomic mass is 9.76. The summed E-state index contributed by atoms with van der Waals surface area (Å²) in [5.41, 5.74) is 6.73. The molecule has 0 saturated heterocycles. The van der Waals surface area contributed by atoms with E-state index in [1.54, 1.807) is 0 Å². The van der Waals surface area contributed by atoms with Crippen molar-refractivity contribution in [1.82, 2.24) is 0 Å². The summed E-state index contributed by atoms with van der Waals surface area (Å²) in [5, 5.41) is 4.62. The van der Waals surface area contributed by atoms with Crippen molar-refractivity contribution in [3.05, 3.63) is 75.8 Å². The molecule has 1 heterocycles. The quantitative estimate of drug-likeness (QED) is 0.658. The second-order valence-electron chi connectivity index (χ2n) is 6.58. The van der Waals surface area contributed by atoms with Gasteiger partial charge in [0.15, 0.2) is 0 Å². The maximum Gasteiger partial charge on any atom is 0.0554 e. The standard InChI is InChI=1S/C20H20ClN/c1-12-9-13(2)19-18(10-12)16-7-4-8-17(16)20(22-19)14-5-3-6-15(21)11-14/h3-7,9-11,16-17,20,22H,8H2,1-2H3/t16-,17+,20-/m1/s1. The van der Waals surface area contributed by atoms with Crippen LogP contribution in [0.4, 0.5) is 5.69 Å². The van der Waals surface area contributed by atoms with Gasteiger partial charge in [-0.25, -0.2) is 0 Å². The van der Waals surface area contributed by atoms with Gasteiger partial charge in [0.1, 0.15) is 0 Å². The van der Waals surface area contributed by atoms with E-state index in [4.69, 9.17) is 11.6 Å². The minimum Gasteiger partial charge on any atom is -0.377 e. The Kier molecular flexibility index (Phi) is 3.27. The lowest BCUT2D eigenvalue weighted by molar-refractivity contribution is 0.425. The van der Waals surface area contributed by atoms with Crippen LogP contribution in [-0.2, 0) is 0 Å². The highest BCUT2D eigenvalue weighted by atomic mass is 35.5. The minimum absolute atomic E-state index is 0.326. The Hall–Kier alpha value is -1.73. The fourth-order valence-corrected chi connectivity index (χ4v) is 4.30. The van der Waals surface area contributed by atoms with Crippen molar-refractivity contribution >= 4 is 17.3 Å². The number of rotatable bonds is 1. The van der Waals surface area contributed by atoms with E-state index in [0.717, 1.165) is 11.4 Å². The number of benzene rings is 2. The predicted molar refractivity (Wildman–Crippen MR) is 93.7 cm³/mol. The van der Waals surface area contributed by atoms with Crippen LogP contribution in [0.3, 0.4) is 0 Å². The van der Waals surface area contributed by atoms with Crippen LogP contribution in [0.1, 0.15) is 40.6 Å². The summed E-state index contributed by atoms with van der Waals surface area (Å²) in [6.45, 7) is 4.39. The van der Waals surface area contributed by atoms with Crippen LogP contribution in [0.5, 0.6) is 0 Å². The topological polar surface area (TPSA) is 12.0 Å². The molecule has 112 valence electrons. The molecule has 1 aliphatic carbocycles. The zero-order valence-electron chi connectivity index (χ0n) is 12.9. The molecule has 2 aromatic carbocycles. The molecule has 1 nitrogen and oxygen atoms in total. The molecule has 4 rings (SSSR count). The number of allylic oxidation sites excluding steroid dienone is 2. The summed E-state index contributed by atoms with van der Waals surface area (Å²) in [6, 6.07) is 13.2. The lowest BCUT2D eigenvalue weighted by Crippen LogP contribution is -2.29. The SMILES string of the molecule is Cc1cc(C)c2c(c1)[C@@H]1C=CC[C@@H]1[C@@H](c1cccc(Cl)c1)N2. The molecule has 0 saturated carbocycles. The number of halogens is 1. The van der Waals surface area contributed by atoms with Gasteiger partial charge in [-0.1, -0.05) is 53.6 Å². The predicted octanol–water partition coefficient (Wildman–Crippen LogP) is 5.78. The van der Waals surface area contributed by atoms with Crippen LogP contribution in [0, 0.1) is 19.8 Å². The van der Waals surface area contributed by atoms with Crippen LogP contribution in [0.15, 0.2) is 48.6 Å². The van der Waals surface area contributed by atoms with Crippen LogP contribution in [-0.4, -0.2) is 0 Å². The summed E-state index contributed by atoms with van der Waals surface area (Å²) in [5.74, 6) is 1.09. The Morgan fingerprint density at radius 3 is 2.82 bits per heavy atom. The molecule has 1 N–H and O–H groups in total. The van der Waals surface area contributed by atoms with E-state index in [0.29, 0.717) is 17.9 Å². The van der Waals surface area contributed by atoms with Crippen LogP contribution in [0.25, 0.3) is 0 Å². The number of aryl methyl sites for hydroxylation is 2. The van der Waals surface area contributed by atoms with Crippen LogP contribution < -0.4 is 5.32 Å². The van der Waals surface area contributed by atoms with Crippen molar-refractivity contribution < 1.29 is 0 Å². The third-order valence-electron chi connectivity index (χ3n) is 5.02. The zero-order chi connectivity index (χ0) is 15.3. The first kappa shape index (κ1) is 13.9. The van der Waals surface area contributed by atoms with Gasteiger partial charge in [-0.05, 0) is 55.0 Å². The van der Waals surface area contributed by atoms with E-state index in [9.17, 15) is 0 Å². The molecule has 0 spiro atoms. The van der Waals surface area contributed by atoms with E-state index in [2.05, 4.69) is 55.6 Å². The van der Waals surface area contributed by atoms with Crippen LogP contribution >= 0.6 is 11.6 Å². The van der Waals surface area contributed by atoms with Crippen molar-refractivity contribution in [1.29, 1.82) is 0 Å². The Labute approximate surface area is 137 Å². The van der Waals surface area contributed by atoms with Gasteiger partial charge in [-0.3, -0.25) is 0 Å². The maximum absolute atomic E-state index is 6.22. The third-order valence-corrected chi connectivity index (χ3v) is 5.25. The van der Waals surface area contributed by atoms with Crippen molar-refractivity contribution in [2.75, 3.05) is 5.32 Å². The first-order valence-corrected chi connectivity index (χ1v) is 8.31. The molecule has 22 heavy (non-hydrogen) atoms. The highest BCUT2D eigenvalue weighted by molar-refractivity contribution is 6.30. The zero-order valence-corrected chi connectivity index (χ0v) is 13.7. The van der Waals surface area contributed by atoms with Crippen molar-refractivity contribution in [3.63, 3.8) is 0 Å². The summed E-state index contributed by atoms with van der Waals surface area (Å²) >= 11 is 6.22. The molecule has 0 bridgehead atoms. The number of fused-ring (bicyclic) bond motifs is 3. The van der Waals surface area contributed by atoms with Crippen LogP contribution in [0.2, 0.25) is 5.02 Å². The Morgan fingerprint density at radius 1 is 1.14 bits per heavy atom. The van der Waals surface area contributed by atoms with Gasteiger partial charge >= 0.3 is 0 Å². The molecule has 1 aliphatic heterocycles. The molecule has 0 radical (unpaired) electrons. The molecule has 2 aliphatic rings. The highest BCUT2D eigenvalue weighted by Gasteiger charge is 2.38. The molecule has 2 heteroatoms. The average molecular weight is 310 g/mol. The number of anilines is 1. The first-order valence-electron chi connectivity index (χ1n) is 7.93. The second kappa shape index (κ2) is 5.17. The molecule has 3 atom stereocenters. The molecule has 0 fully saturated rings. The second-order valence-corrected chi connectivity index (χ2v) is 7.01. The Balaban J connectivity index is 1.84. The summed E-state index contributed by atoms with van der Waals surface area (Å²) in [4.78, 5) is 0. The van der Waals surface area contributed by atoms with Gasteiger partial charge in [0.05, 0.1) is 6.04 Å². The monoisotopic (exact) mass is 309 g/mol. The number of hydrogen-bond donors (Lipinski definition) is 1. The van der Waals surface area contributed by atoms with Gasteiger partial charge in [-0.2, -0.15) is 0 Å². The van der Waals surface area contributed by atoms with Gasteiger partial charge in [0.25, 0.3) is 0 Å². The van der Waals surface area contributed by atoms with E-state index in [1.807, 2.05) is 12.1 Å². The maximum atomic E-state index is 6.22. The lowest BCUT2D eigenvalue weighted by Gasteiger charge is -2.38. The summed E-state index contributed by atoms with van der Waals surface area (Å²) < 4.78 is 0. The van der Waals surface area contributed by atoms with E-state index in [1.165, 1.54) is 27.9 Å². The van der Waals surface area contributed by atoms with Crippen molar-refractivity contribution in [2.45, 2.75) is 32.2 Å². The summed E-state index contributed by atoms with van der Waals surface area (Å²) in [6.07, 6.45) is 5.85. The van der Waals surface area contributed by atoms with Gasteiger partial charge in [0.2, 0.25) is 0 Å². The normalized spacial score (nSPS) is 25.5.